The lowest BCUT2D eigenvalue weighted by Gasteiger charge is -2.16. The largest absolute Gasteiger partial charge is 0.494 e. The number of hydrogen-bond acceptors (Lipinski definition) is 4. The summed E-state index contributed by atoms with van der Waals surface area (Å²) >= 11 is 5.64. The van der Waals surface area contributed by atoms with Gasteiger partial charge in [-0.15, -0.1) is 0 Å². The fourth-order valence-electron chi connectivity index (χ4n) is 1.73. The number of carbonyl (C=O) groups excluding carboxylic acids is 1. The molecule has 1 amide bonds. The van der Waals surface area contributed by atoms with Gasteiger partial charge < -0.3 is 9.64 Å². The normalized spacial score (nSPS) is 10.2. The molecule has 1 aromatic heterocycles. The van der Waals surface area contributed by atoms with Crippen LogP contribution < -0.4 is 4.74 Å². The zero-order valence-corrected chi connectivity index (χ0v) is 12.5. The molecular weight excluding hydrogens is 290 g/mol. The molecule has 110 valence electrons. The number of para-hydroxylation sites is 1. The van der Waals surface area contributed by atoms with E-state index >= 15 is 0 Å². The second kappa shape index (κ2) is 7.59. The average Bonchev–Trinajstić information content (AvgIpc) is 2.52. The first-order valence-electron chi connectivity index (χ1n) is 6.57. The van der Waals surface area contributed by atoms with E-state index < -0.39 is 0 Å². The predicted octanol–water partition coefficient (Wildman–Crippen LogP) is 2.67. The van der Waals surface area contributed by atoms with Crippen molar-refractivity contribution in [3.63, 3.8) is 0 Å². The van der Waals surface area contributed by atoms with Gasteiger partial charge in [0.2, 0.25) is 0 Å². The van der Waals surface area contributed by atoms with Crippen LogP contribution in [0.4, 0.5) is 0 Å². The molecule has 0 aliphatic rings. The summed E-state index contributed by atoms with van der Waals surface area (Å²) in [4.78, 5) is 21.5. The Balaban J connectivity index is 1.75. The molecule has 6 heteroatoms. The van der Waals surface area contributed by atoms with Gasteiger partial charge in [0, 0.05) is 13.6 Å². The lowest BCUT2D eigenvalue weighted by Crippen LogP contribution is -2.29. The second-order valence-electron chi connectivity index (χ2n) is 4.47. The molecule has 0 atom stereocenters. The standard InChI is InChI=1S/C15H16ClN3O2/c1-19(15(20)13-10-18-14(16)11-17-13)8-5-9-21-12-6-3-2-4-7-12/h2-4,6-7,10-11H,5,8-9H2,1H3. The topological polar surface area (TPSA) is 55.3 Å². The number of aromatic nitrogens is 2. The summed E-state index contributed by atoms with van der Waals surface area (Å²) in [6.07, 6.45) is 3.47. The Morgan fingerprint density at radius 2 is 2.00 bits per heavy atom. The van der Waals surface area contributed by atoms with Gasteiger partial charge in [0.25, 0.3) is 5.91 Å². The van der Waals surface area contributed by atoms with Crippen molar-refractivity contribution in [1.82, 2.24) is 14.9 Å². The SMILES string of the molecule is CN(CCCOc1ccccc1)C(=O)c1cnc(Cl)cn1. The minimum Gasteiger partial charge on any atom is -0.494 e. The molecule has 5 nitrogen and oxygen atoms in total. The van der Waals surface area contributed by atoms with E-state index in [-0.39, 0.29) is 16.8 Å². The van der Waals surface area contributed by atoms with E-state index in [1.807, 2.05) is 30.3 Å². The Morgan fingerprint density at radius 3 is 2.67 bits per heavy atom. The first kappa shape index (κ1) is 15.3. The van der Waals surface area contributed by atoms with Crippen molar-refractivity contribution in [3.05, 3.63) is 53.6 Å². The van der Waals surface area contributed by atoms with Gasteiger partial charge in [0.05, 0.1) is 19.0 Å². The van der Waals surface area contributed by atoms with E-state index in [0.29, 0.717) is 13.2 Å². The van der Waals surface area contributed by atoms with E-state index in [4.69, 9.17) is 16.3 Å². The van der Waals surface area contributed by atoms with Gasteiger partial charge in [-0.05, 0) is 18.6 Å². The second-order valence-corrected chi connectivity index (χ2v) is 4.85. The number of nitrogens with zero attached hydrogens (tertiary/aromatic N) is 3. The summed E-state index contributed by atoms with van der Waals surface area (Å²) in [5, 5.41) is 0.269. The highest BCUT2D eigenvalue weighted by Gasteiger charge is 2.13. The average molecular weight is 306 g/mol. The molecule has 1 heterocycles. The van der Waals surface area contributed by atoms with Crippen LogP contribution in [0, 0.1) is 0 Å². The molecule has 0 fully saturated rings. The van der Waals surface area contributed by atoms with Gasteiger partial charge >= 0.3 is 0 Å². The fraction of sp³-hybridized carbons (Fsp3) is 0.267. The van der Waals surface area contributed by atoms with Crippen molar-refractivity contribution < 1.29 is 9.53 Å². The molecule has 0 unspecified atom stereocenters. The van der Waals surface area contributed by atoms with Crippen LogP contribution in [0.15, 0.2) is 42.7 Å². The van der Waals surface area contributed by atoms with Crippen LogP contribution in [0.25, 0.3) is 0 Å². The maximum absolute atomic E-state index is 12.1. The van der Waals surface area contributed by atoms with Crippen LogP contribution in [-0.2, 0) is 0 Å². The monoisotopic (exact) mass is 305 g/mol. The number of amides is 1. The van der Waals surface area contributed by atoms with E-state index in [1.54, 1.807) is 11.9 Å². The minimum atomic E-state index is -0.182. The van der Waals surface area contributed by atoms with E-state index in [2.05, 4.69) is 9.97 Å². The molecule has 0 N–H and O–H groups in total. The molecule has 0 bridgehead atoms. The van der Waals surface area contributed by atoms with Gasteiger partial charge in [-0.2, -0.15) is 0 Å². The zero-order chi connectivity index (χ0) is 15.1. The van der Waals surface area contributed by atoms with Crippen LogP contribution in [-0.4, -0.2) is 41.0 Å². The van der Waals surface area contributed by atoms with Crippen LogP contribution >= 0.6 is 11.6 Å². The summed E-state index contributed by atoms with van der Waals surface area (Å²) in [7, 11) is 1.72. The molecule has 2 aromatic rings. The van der Waals surface area contributed by atoms with Crippen molar-refractivity contribution >= 4 is 17.5 Å². The number of halogens is 1. The maximum Gasteiger partial charge on any atom is 0.273 e. The van der Waals surface area contributed by atoms with Gasteiger partial charge in [0.1, 0.15) is 16.6 Å². The Bertz CT molecular complexity index is 575. The van der Waals surface area contributed by atoms with Crippen LogP contribution in [0.5, 0.6) is 5.75 Å². The summed E-state index contributed by atoms with van der Waals surface area (Å²) in [5.41, 5.74) is 0.283. The van der Waals surface area contributed by atoms with Gasteiger partial charge in [-0.3, -0.25) is 4.79 Å². The number of ether oxygens (including phenoxy) is 1. The molecule has 0 saturated heterocycles. The lowest BCUT2D eigenvalue weighted by atomic mass is 10.3. The van der Waals surface area contributed by atoms with Crippen molar-refractivity contribution in [3.8, 4) is 5.75 Å². The van der Waals surface area contributed by atoms with Crippen molar-refractivity contribution in [2.24, 2.45) is 0 Å². The highest BCUT2D eigenvalue weighted by Crippen LogP contribution is 2.09. The highest BCUT2D eigenvalue weighted by atomic mass is 35.5. The van der Waals surface area contributed by atoms with Crippen LogP contribution in [0.2, 0.25) is 5.15 Å². The van der Waals surface area contributed by atoms with Gasteiger partial charge in [-0.25, -0.2) is 9.97 Å². The maximum atomic E-state index is 12.1. The third kappa shape index (κ3) is 4.72. The number of hydrogen-bond donors (Lipinski definition) is 0. The smallest absolute Gasteiger partial charge is 0.273 e. The molecule has 0 aliphatic carbocycles. The zero-order valence-electron chi connectivity index (χ0n) is 11.7. The number of carbonyl (C=O) groups is 1. The van der Waals surface area contributed by atoms with Crippen molar-refractivity contribution in [2.75, 3.05) is 20.2 Å². The summed E-state index contributed by atoms with van der Waals surface area (Å²) < 4.78 is 5.57. The van der Waals surface area contributed by atoms with Crippen molar-refractivity contribution in [1.29, 1.82) is 0 Å². The molecule has 0 saturated carbocycles. The van der Waals surface area contributed by atoms with Crippen LogP contribution in [0.3, 0.4) is 0 Å². The predicted molar refractivity (Wildman–Crippen MR) is 80.6 cm³/mol. The minimum absolute atomic E-state index is 0.182. The highest BCUT2D eigenvalue weighted by molar-refractivity contribution is 6.29. The van der Waals surface area contributed by atoms with E-state index in [1.165, 1.54) is 12.4 Å². The van der Waals surface area contributed by atoms with Crippen molar-refractivity contribution in [2.45, 2.75) is 6.42 Å². The lowest BCUT2D eigenvalue weighted by molar-refractivity contribution is 0.0781. The summed E-state index contributed by atoms with van der Waals surface area (Å²) in [6, 6.07) is 9.58. The molecule has 1 aromatic carbocycles. The summed E-state index contributed by atoms with van der Waals surface area (Å²) in [5.74, 6) is 0.647. The third-order valence-electron chi connectivity index (χ3n) is 2.84. The Morgan fingerprint density at radius 1 is 1.24 bits per heavy atom. The molecule has 0 spiro atoms. The Hall–Kier alpha value is -2.14. The quantitative estimate of drug-likeness (QED) is 0.770. The molecule has 0 aliphatic heterocycles. The molecule has 21 heavy (non-hydrogen) atoms. The van der Waals surface area contributed by atoms with Gasteiger partial charge in [0.15, 0.2) is 0 Å². The number of rotatable bonds is 6. The Kier molecular flexibility index (Phi) is 5.51. The van der Waals surface area contributed by atoms with E-state index in [9.17, 15) is 4.79 Å². The summed E-state index contributed by atoms with van der Waals surface area (Å²) in [6.45, 7) is 1.13. The first-order chi connectivity index (χ1) is 10.2. The van der Waals surface area contributed by atoms with Gasteiger partial charge in [-0.1, -0.05) is 29.8 Å². The first-order valence-corrected chi connectivity index (χ1v) is 6.95. The molecular formula is C15H16ClN3O2. The van der Waals surface area contributed by atoms with E-state index in [0.717, 1.165) is 12.2 Å². The van der Waals surface area contributed by atoms with Crippen LogP contribution in [0.1, 0.15) is 16.9 Å². The Labute approximate surface area is 128 Å². The molecule has 0 radical (unpaired) electrons. The number of benzene rings is 1. The molecule has 2 rings (SSSR count). The fourth-order valence-corrected chi connectivity index (χ4v) is 1.83. The third-order valence-corrected chi connectivity index (χ3v) is 3.03.